The van der Waals surface area contributed by atoms with E-state index in [1.54, 1.807) is 18.0 Å². The molecule has 3 N–H and O–H groups in total. The van der Waals surface area contributed by atoms with Crippen LogP contribution in [0.4, 0.5) is 10.8 Å². The first-order valence-electron chi connectivity index (χ1n) is 9.59. The summed E-state index contributed by atoms with van der Waals surface area (Å²) in [6.07, 6.45) is 7.55. The van der Waals surface area contributed by atoms with E-state index in [0.717, 1.165) is 17.0 Å². The fraction of sp³-hybridized carbons (Fsp3) is 0.421. The van der Waals surface area contributed by atoms with Crippen molar-refractivity contribution in [2.75, 3.05) is 25.3 Å². The molecule has 0 spiro atoms. The Kier molecular flexibility index (Phi) is 7.36. The Morgan fingerprint density at radius 2 is 2.06 bits per heavy atom. The van der Waals surface area contributed by atoms with Crippen molar-refractivity contribution >= 4 is 28.1 Å². The van der Waals surface area contributed by atoms with Gasteiger partial charge in [-0.3, -0.25) is 10.1 Å². The number of nitrogen functional groups attached to an aromatic ring is 1. The van der Waals surface area contributed by atoms with Crippen LogP contribution in [0.1, 0.15) is 41.9 Å². The molecule has 0 radical (unpaired) electrons. The molecule has 11 nitrogen and oxygen atoms in total. The predicted molar refractivity (Wildman–Crippen MR) is 115 cm³/mol. The molecule has 4 rings (SSSR count). The van der Waals surface area contributed by atoms with E-state index in [9.17, 15) is 9.59 Å². The van der Waals surface area contributed by atoms with Gasteiger partial charge in [-0.25, -0.2) is 9.48 Å². The molecule has 3 aromatic heterocycles. The molecule has 1 fully saturated rings. The minimum atomic E-state index is -0.840. The van der Waals surface area contributed by atoms with Crippen molar-refractivity contribution in [1.82, 2.24) is 20.0 Å². The molecule has 166 valence electrons. The number of nitrogens with zero attached hydrogens (tertiary/aromatic N) is 4. The topological polar surface area (TPSA) is 147 Å². The summed E-state index contributed by atoms with van der Waals surface area (Å²) < 4.78 is 16.4. The second kappa shape index (κ2) is 10.2. The zero-order chi connectivity index (χ0) is 22.4. The minimum Gasteiger partial charge on any atom is -0.488 e. The van der Waals surface area contributed by atoms with Gasteiger partial charge in [-0.2, -0.15) is 5.10 Å². The second-order valence-electron chi connectivity index (χ2n) is 6.76. The highest BCUT2D eigenvalue weighted by Crippen LogP contribution is 2.22. The molecule has 3 aromatic rings. The fourth-order valence-electron chi connectivity index (χ4n) is 3.02. The van der Waals surface area contributed by atoms with Crippen molar-refractivity contribution < 1.29 is 18.7 Å². The quantitative estimate of drug-likeness (QED) is 0.600. The Balaban J connectivity index is 0.000000330. The molecular formula is C19H24N6O5S. The highest BCUT2D eigenvalue weighted by atomic mass is 32.1. The summed E-state index contributed by atoms with van der Waals surface area (Å²) in [6.45, 7) is 1.86. The molecule has 12 heteroatoms. The Morgan fingerprint density at radius 1 is 1.32 bits per heavy atom. The van der Waals surface area contributed by atoms with Crippen molar-refractivity contribution in [2.45, 2.75) is 38.7 Å². The monoisotopic (exact) mass is 448 g/mol. The third kappa shape index (κ3) is 5.47. The van der Waals surface area contributed by atoms with Gasteiger partial charge in [0.05, 0.1) is 18.9 Å². The SMILES string of the molecule is COC1CCCC1.COc1c(N)cc(C(=O)Nc2nnc(-n3nccc3C)s2)oc1=O. The minimum absolute atomic E-state index is 0.00372. The number of aryl methyl sites for hydroxylation is 1. The number of methoxy groups -OCH3 is 2. The highest BCUT2D eigenvalue weighted by molar-refractivity contribution is 7.17. The van der Waals surface area contributed by atoms with Gasteiger partial charge in [0.15, 0.2) is 5.76 Å². The van der Waals surface area contributed by atoms with Crippen LogP contribution in [0.5, 0.6) is 5.75 Å². The summed E-state index contributed by atoms with van der Waals surface area (Å²) in [5, 5.41) is 15.1. The van der Waals surface area contributed by atoms with E-state index in [1.165, 1.54) is 38.9 Å². The first-order valence-corrected chi connectivity index (χ1v) is 10.4. The number of carbonyl (C=O) groups is 1. The number of ether oxygens (including phenoxy) is 2. The van der Waals surface area contributed by atoms with E-state index < -0.39 is 11.5 Å². The smallest absolute Gasteiger partial charge is 0.381 e. The molecule has 0 saturated heterocycles. The summed E-state index contributed by atoms with van der Waals surface area (Å²) >= 11 is 1.11. The van der Waals surface area contributed by atoms with Gasteiger partial charge in [-0.05, 0) is 25.8 Å². The number of amides is 1. The van der Waals surface area contributed by atoms with Crippen molar-refractivity contribution in [2.24, 2.45) is 0 Å². The van der Waals surface area contributed by atoms with E-state index in [4.69, 9.17) is 19.6 Å². The Bertz CT molecular complexity index is 1090. The van der Waals surface area contributed by atoms with E-state index in [-0.39, 0.29) is 22.3 Å². The number of hydrogen-bond donors (Lipinski definition) is 2. The average molecular weight is 449 g/mol. The fourth-order valence-corrected chi connectivity index (χ4v) is 3.78. The molecule has 0 aromatic carbocycles. The maximum absolute atomic E-state index is 12.2. The van der Waals surface area contributed by atoms with Gasteiger partial charge in [-0.15, -0.1) is 10.2 Å². The van der Waals surface area contributed by atoms with Crippen LogP contribution in [0.25, 0.3) is 5.13 Å². The van der Waals surface area contributed by atoms with Crippen molar-refractivity contribution in [3.05, 3.63) is 40.2 Å². The van der Waals surface area contributed by atoms with Gasteiger partial charge < -0.3 is 19.6 Å². The second-order valence-corrected chi connectivity index (χ2v) is 7.71. The van der Waals surface area contributed by atoms with E-state index in [0.29, 0.717) is 11.2 Å². The van der Waals surface area contributed by atoms with Gasteiger partial charge in [-0.1, -0.05) is 24.2 Å². The normalized spacial score (nSPS) is 13.5. The average Bonchev–Trinajstić information content (AvgIpc) is 3.50. The lowest BCUT2D eigenvalue weighted by Gasteiger charge is -2.04. The molecule has 1 saturated carbocycles. The molecular weight excluding hydrogens is 424 g/mol. The molecule has 31 heavy (non-hydrogen) atoms. The molecule has 0 aliphatic heterocycles. The number of nitrogens with one attached hydrogen (secondary N) is 1. The van der Waals surface area contributed by atoms with Crippen LogP contribution >= 0.6 is 11.3 Å². The lowest BCUT2D eigenvalue weighted by molar-refractivity contribution is 0.0991. The van der Waals surface area contributed by atoms with Gasteiger partial charge in [0.1, 0.15) is 0 Å². The molecule has 0 unspecified atom stereocenters. The van der Waals surface area contributed by atoms with E-state index in [2.05, 4.69) is 20.6 Å². The number of hydrogen-bond acceptors (Lipinski definition) is 10. The van der Waals surface area contributed by atoms with Crippen LogP contribution in [0.15, 0.2) is 27.5 Å². The molecule has 0 atom stereocenters. The van der Waals surface area contributed by atoms with Crippen molar-refractivity contribution in [1.29, 1.82) is 0 Å². The zero-order valence-corrected chi connectivity index (χ0v) is 18.3. The molecule has 1 amide bonds. The number of nitrogens with two attached hydrogens (primary N) is 1. The summed E-state index contributed by atoms with van der Waals surface area (Å²) in [5.41, 5.74) is 5.68. The number of rotatable bonds is 5. The lowest BCUT2D eigenvalue weighted by Crippen LogP contribution is -2.16. The zero-order valence-electron chi connectivity index (χ0n) is 17.5. The molecule has 1 aliphatic carbocycles. The predicted octanol–water partition coefficient (Wildman–Crippen LogP) is 2.40. The summed E-state index contributed by atoms with van der Waals surface area (Å²) in [5.74, 6) is -1.09. The van der Waals surface area contributed by atoms with Crippen molar-refractivity contribution in [3.63, 3.8) is 0 Å². The number of carbonyl (C=O) groups excluding carboxylic acids is 1. The third-order valence-corrected chi connectivity index (χ3v) is 5.46. The molecule has 3 heterocycles. The summed E-state index contributed by atoms with van der Waals surface area (Å²) in [6, 6.07) is 3.02. The highest BCUT2D eigenvalue weighted by Gasteiger charge is 2.18. The summed E-state index contributed by atoms with van der Waals surface area (Å²) in [7, 11) is 3.08. The standard InChI is InChI=1S/C13H12N6O4S.C6H12O/c1-6-3-4-15-19(6)13-18-17-12(24-13)16-10(20)8-5-7(14)9(22-2)11(21)23-8;1-7-6-4-2-3-5-6/h3-5H,14H2,1-2H3,(H,16,17,20);6H,2-5H2,1H3. The Morgan fingerprint density at radius 3 is 2.61 bits per heavy atom. The largest absolute Gasteiger partial charge is 0.488 e. The van der Waals surface area contributed by atoms with Crippen LogP contribution in [0.2, 0.25) is 0 Å². The van der Waals surface area contributed by atoms with E-state index in [1.807, 2.05) is 13.0 Å². The maximum atomic E-state index is 12.2. The first kappa shape index (κ1) is 22.4. The van der Waals surface area contributed by atoms with Crippen LogP contribution in [-0.2, 0) is 4.74 Å². The van der Waals surface area contributed by atoms with Crippen LogP contribution < -0.4 is 21.4 Å². The maximum Gasteiger partial charge on any atom is 0.381 e. The molecule has 0 bridgehead atoms. The third-order valence-electron chi connectivity index (χ3n) is 4.65. The van der Waals surface area contributed by atoms with Crippen LogP contribution in [0.3, 0.4) is 0 Å². The van der Waals surface area contributed by atoms with Crippen molar-refractivity contribution in [3.8, 4) is 10.9 Å². The Labute approximate surface area is 182 Å². The first-order chi connectivity index (χ1) is 14.9. The van der Waals surface area contributed by atoms with Gasteiger partial charge >= 0.3 is 5.63 Å². The Hall–Kier alpha value is -3.25. The van der Waals surface area contributed by atoms with E-state index >= 15 is 0 Å². The van der Waals surface area contributed by atoms with Gasteiger partial charge in [0.2, 0.25) is 16.0 Å². The lowest BCUT2D eigenvalue weighted by atomic mass is 10.3. The van der Waals surface area contributed by atoms with Gasteiger partial charge in [0.25, 0.3) is 5.91 Å². The van der Waals surface area contributed by atoms with Crippen LogP contribution in [-0.4, -0.2) is 46.2 Å². The van der Waals surface area contributed by atoms with Gasteiger partial charge in [0, 0.05) is 25.1 Å². The number of anilines is 2. The molecule has 1 aliphatic rings. The van der Waals surface area contributed by atoms with Crippen LogP contribution in [0, 0.1) is 6.92 Å². The summed E-state index contributed by atoms with van der Waals surface area (Å²) in [4.78, 5) is 23.8. The number of aromatic nitrogens is 4.